The molecule has 1 aromatic heterocycles. The van der Waals surface area contributed by atoms with Gasteiger partial charge in [0.15, 0.2) is 0 Å². The third kappa shape index (κ3) is 5.87. The third-order valence-corrected chi connectivity index (χ3v) is 6.33. The molecule has 1 amide bonds. The maximum atomic E-state index is 12.1. The number of halogens is 1. The summed E-state index contributed by atoms with van der Waals surface area (Å²) in [5.74, 6) is 1.04. The second-order valence-electron chi connectivity index (χ2n) is 9.81. The maximum absolute atomic E-state index is 12.1. The van der Waals surface area contributed by atoms with Gasteiger partial charge in [0.2, 0.25) is 0 Å². The van der Waals surface area contributed by atoms with E-state index in [1.165, 1.54) is 5.56 Å². The Kier molecular flexibility index (Phi) is 6.96. The molecule has 0 saturated carbocycles. The molecule has 1 aliphatic heterocycles. The van der Waals surface area contributed by atoms with Gasteiger partial charge in [0.1, 0.15) is 11.4 Å². The van der Waals surface area contributed by atoms with Crippen LogP contribution in [0.3, 0.4) is 0 Å². The molecule has 4 rings (SSSR count). The Labute approximate surface area is 200 Å². The lowest BCUT2D eigenvalue weighted by Gasteiger charge is -2.36. The molecule has 0 bridgehead atoms. The molecule has 1 aliphatic rings. The maximum Gasteiger partial charge on any atom is 0.407 e. The van der Waals surface area contributed by atoms with Gasteiger partial charge in [-0.2, -0.15) is 0 Å². The van der Waals surface area contributed by atoms with Crippen LogP contribution in [-0.2, 0) is 11.3 Å². The van der Waals surface area contributed by atoms with Gasteiger partial charge in [0.05, 0.1) is 17.1 Å². The lowest BCUT2D eigenvalue weighted by Crippen LogP contribution is -2.46. The summed E-state index contributed by atoms with van der Waals surface area (Å²) in [5.41, 5.74) is 2.76. The van der Waals surface area contributed by atoms with E-state index in [4.69, 9.17) is 21.3 Å². The van der Waals surface area contributed by atoms with Crippen molar-refractivity contribution in [3.8, 4) is 0 Å². The van der Waals surface area contributed by atoms with Crippen LogP contribution in [0.2, 0.25) is 5.02 Å². The van der Waals surface area contributed by atoms with Crippen molar-refractivity contribution in [1.29, 1.82) is 0 Å². The zero-order valence-corrected chi connectivity index (χ0v) is 20.6. The van der Waals surface area contributed by atoms with Gasteiger partial charge in [0, 0.05) is 30.7 Å². The summed E-state index contributed by atoms with van der Waals surface area (Å²) in [6.45, 7) is 10.4. The van der Waals surface area contributed by atoms with Crippen LogP contribution in [0.1, 0.15) is 58.0 Å². The molecule has 0 radical (unpaired) electrons. The molecular weight excluding hydrogens is 436 g/mol. The largest absolute Gasteiger partial charge is 0.444 e. The fourth-order valence-electron chi connectivity index (χ4n) is 4.44. The molecule has 2 aromatic carbocycles. The topological polar surface area (TPSA) is 59.4 Å². The first-order chi connectivity index (χ1) is 15.7. The average Bonchev–Trinajstić information content (AvgIpc) is 3.10. The van der Waals surface area contributed by atoms with Crippen molar-refractivity contribution in [1.82, 2.24) is 19.8 Å². The fraction of sp³-hybridized carbons (Fsp3) is 0.462. The van der Waals surface area contributed by atoms with Crippen molar-refractivity contribution in [3.05, 3.63) is 64.9 Å². The van der Waals surface area contributed by atoms with Crippen molar-refractivity contribution < 1.29 is 9.53 Å². The van der Waals surface area contributed by atoms with Crippen LogP contribution in [0.5, 0.6) is 0 Å². The quantitative estimate of drug-likeness (QED) is 0.515. The highest BCUT2D eigenvalue weighted by Gasteiger charge is 2.28. The molecule has 0 aliphatic carbocycles. The molecule has 3 aromatic rings. The number of nitrogens with one attached hydrogen (secondary N) is 1. The number of aromatic nitrogens is 2. The number of likely N-dealkylation sites (tertiary alicyclic amines) is 1. The molecule has 1 fully saturated rings. The number of hydrogen-bond donors (Lipinski definition) is 1. The lowest BCUT2D eigenvalue weighted by molar-refractivity contribution is 0.0468. The number of amides is 1. The monoisotopic (exact) mass is 468 g/mol. The Bertz CT molecular complexity index is 1100. The van der Waals surface area contributed by atoms with E-state index in [0.29, 0.717) is 5.02 Å². The second-order valence-corrected chi connectivity index (χ2v) is 10.2. The number of carbonyl (C=O) groups excluding carboxylic acids is 1. The molecule has 2 heterocycles. The minimum absolute atomic E-state index is 0.130. The SMILES string of the molecule is CC(c1nc2cc(Cl)ccc2n1Cc1ccccc1)N1CCC(NC(=O)OC(C)(C)C)CC1. The number of ether oxygens (including phenoxy) is 1. The Morgan fingerprint density at radius 2 is 1.88 bits per heavy atom. The van der Waals surface area contributed by atoms with Gasteiger partial charge in [-0.25, -0.2) is 9.78 Å². The molecule has 33 heavy (non-hydrogen) atoms. The number of alkyl carbamates (subject to hydrolysis) is 1. The Morgan fingerprint density at radius 3 is 2.55 bits per heavy atom. The summed E-state index contributed by atoms with van der Waals surface area (Å²) in [4.78, 5) is 19.6. The van der Waals surface area contributed by atoms with Crippen molar-refractivity contribution in [2.24, 2.45) is 0 Å². The summed E-state index contributed by atoms with van der Waals surface area (Å²) < 4.78 is 7.71. The first kappa shape index (κ1) is 23.6. The minimum atomic E-state index is -0.486. The Morgan fingerprint density at radius 1 is 1.18 bits per heavy atom. The first-order valence-electron chi connectivity index (χ1n) is 11.6. The van der Waals surface area contributed by atoms with Crippen molar-refractivity contribution >= 4 is 28.7 Å². The Hall–Kier alpha value is -2.57. The number of fused-ring (bicyclic) bond motifs is 1. The van der Waals surface area contributed by atoms with E-state index < -0.39 is 5.60 Å². The Balaban J connectivity index is 1.49. The minimum Gasteiger partial charge on any atom is -0.444 e. The van der Waals surface area contributed by atoms with Crippen molar-refractivity contribution in [2.75, 3.05) is 13.1 Å². The highest BCUT2D eigenvalue weighted by molar-refractivity contribution is 6.31. The van der Waals surface area contributed by atoms with Gasteiger partial charge in [-0.05, 0) is 64.3 Å². The summed E-state index contributed by atoms with van der Waals surface area (Å²) in [6, 6.07) is 16.6. The first-order valence-corrected chi connectivity index (χ1v) is 12.0. The molecule has 0 spiro atoms. The predicted octanol–water partition coefficient (Wildman–Crippen LogP) is 5.79. The van der Waals surface area contributed by atoms with E-state index >= 15 is 0 Å². The van der Waals surface area contributed by atoms with E-state index in [0.717, 1.165) is 49.3 Å². The van der Waals surface area contributed by atoms with Crippen LogP contribution in [0.15, 0.2) is 48.5 Å². The van der Waals surface area contributed by atoms with Crippen LogP contribution in [0, 0.1) is 0 Å². The fourth-order valence-corrected chi connectivity index (χ4v) is 4.61. The highest BCUT2D eigenvalue weighted by Crippen LogP contribution is 2.29. The van der Waals surface area contributed by atoms with E-state index in [-0.39, 0.29) is 18.2 Å². The van der Waals surface area contributed by atoms with Crippen LogP contribution in [0.4, 0.5) is 4.79 Å². The third-order valence-electron chi connectivity index (χ3n) is 6.10. The standard InChI is InChI=1S/C26H33ClN4O2/c1-18(30-14-12-21(13-15-30)28-25(32)33-26(2,3)4)24-29-22-16-20(27)10-11-23(22)31(24)17-19-8-6-5-7-9-19/h5-11,16,18,21H,12-15,17H2,1-4H3,(H,28,32). The summed E-state index contributed by atoms with van der Waals surface area (Å²) in [6.07, 6.45) is 1.43. The van der Waals surface area contributed by atoms with E-state index in [2.05, 4.69) is 52.0 Å². The molecule has 1 atom stereocenters. The number of nitrogens with zero attached hydrogens (tertiary/aromatic N) is 3. The van der Waals surface area contributed by atoms with Crippen molar-refractivity contribution in [3.63, 3.8) is 0 Å². The van der Waals surface area contributed by atoms with Gasteiger partial charge in [-0.3, -0.25) is 4.90 Å². The van der Waals surface area contributed by atoms with Gasteiger partial charge in [-0.15, -0.1) is 0 Å². The molecule has 1 unspecified atom stereocenters. The number of benzene rings is 2. The van der Waals surface area contributed by atoms with Gasteiger partial charge < -0.3 is 14.6 Å². The number of piperidine rings is 1. The number of carbonyl (C=O) groups is 1. The van der Waals surface area contributed by atoms with Crippen LogP contribution in [-0.4, -0.2) is 45.3 Å². The molecule has 1 N–H and O–H groups in total. The van der Waals surface area contributed by atoms with Crippen molar-refractivity contribution in [2.45, 2.75) is 64.8 Å². The molecule has 176 valence electrons. The number of hydrogen-bond acceptors (Lipinski definition) is 4. The zero-order chi connectivity index (χ0) is 23.6. The van der Waals surface area contributed by atoms with E-state index in [1.807, 2.05) is 39.0 Å². The second kappa shape index (κ2) is 9.74. The van der Waals surface area contributed by atoms with Crippen LogP contribution < -0.4 is 5.32 Å². The van der Waals surface area contributed by atoms with E-state index in [1.54, 1.807) is 0 Å². The molecule has 7 heteroatoms. The zero-order valence-electron chi connectivity index (χ0n) is 19.8. The molecular formula is C26H33ClN4O2. The lowest BCUT2D eigenvalue weighted by atomic mass is 10.0. The van der Waals surface area contributed by atoms with Crippen LogP contribution >= 0.6 is 11.6 Å². The van der Waals surface area contributed by atoms with Gasteiger partial charge in [0.25, 0.3) is 0 Å². The highest BCUT2D eigenvalue weighted by atomic mass is 35.5. The number of rotatable bonds is 5. The summed E-state index contributed by atoms with van der Waals surface area (Å²) in [5, 5.41) is 3.72. The smallest absolute Gasteiger partial charge is 0.407 e. The van der Waals surface area contributed by atoms with Gasteiger partial charge >= 0.3 is 6.09 Å². The summed E-state index contributed by atoms with van der Waals surface area (Å²) in [7, 11) is 0. The molecule has 1 saturated heterocycles. The molecule has 6 nitrogen and oxygen atoms in total. The normalized spacial score (nSPS) is 16.6. The predicted molar refractivity (Wildman–Crippen MR) is 133 cm³/mol. The number of imidazole rings is 1. The van der Waals surface area contributed by atoms with Gasteiger partial charge in [-0.1, -0.05) is 41.9 Å². The van der Waals surface area contributed by atoms with E-state index in [9.17, 15) is 4.79 Å². The van der Waals surface area contributed by atoms with Crippen LogP contribution in [0.25, 0.3) is 11.0 Å². The average molecular weight is 469 g/mol. The summed E-state index contributed by atoms with van der Waals surface area (Å²) >= 11 is 6.26.